The summed E-state index contributed by atoms with van der Waals surface area (Å²) < 4.78 is 17.0. The molecule has 13 nitrogen and oxygen atoms in total. The fourth-order valence-corrected chi connectivity index (χ4v) is 5.09. The first-order chi connectivity index (χ1) is 18.6. The summed E-state index contributed by atoms with van der Waals surface area (Å²) in [6.45, 7) is -1.29. The van der Waals surface area contributed by atoms with Crippen LogP contribution in [0.2, 0.25) is 0 Å². The molecule has 3 unspecified atom stereocenters. The third-order valence-electron chi connectivity index (χ3n) is 7.21. The van der Waals surface area contributed by atoms with E-state index in [-0.39, 0.29) is 5.76 Å². The van der Waals surface area contributed by atoms with E-state index in [1.807, 2.05) is 0 Å². The lowest BCUT2D eigenvalue weighted by Crippen LogP contribution is -2.55. The third kappa shape index (κ3) is 4.47. The van der Waals surface area contributed by atoms with Crippen LogP contribution < -0.4 is 5.43 Å². The molecule has 2 aliphatic rings. The number of rotatable bonds is 4. The van der Waals surface area contributed by atoms with Crippen LogP contribution in [0.4, 0.5) is 0 Å². The number of hydrogen-bond donors (Lipinski definition) is 9. The first-order valence-electron chi connectivity index (χ1n) is 12.1. The molecular formula is C26H28O13. The van der Waals surface area contributed by atoms with Gasteiger partial charge in [-0.25, -0.2) is 0 Å². The van der Waals surface area contributed by atoms with Crippen molar-refractivity contribution in [1.82, 2.24) is 0 Å². The van der Waals surface area contributed by atoms with Crippen molar-refractivity contribution in [3.63, 3.8) is 0 Å². The number of fused-ring (bicyclic) bond motifs is 1. The standard InChI is InChI=1S/C26H28O13/c27-7-13-18(31)21(34)23(36)26(39-13)15-19(32)14-10(28)6-12(9-4-2-1-3-5-9)38-24(14)16(20(15)33)25-22(35)17(30)11(29)8-37-25/h1-6,11,13,17-18,21-23,25-27,29-36H,7-8H2/t11-,13?,17-,18+,21-,22?,23?,25-,26-/m0/s1. The van der Waals surface area contributed by atoms with Gasteiger partial charge in [-0.05, 0) is 0 Å². The summed E-state index contributed by atoms with van der Waals surface area (Å²) >= 11 is 0. The zero-order valence-corrected chi connectivity index (χ0v) is 20.2. The highest BCUT2D eigenvalue weighted by Gasteiger charge is 2.48. The molecule has 9 N–H and O–H groups in total. The predicted molar refractivity (Wildman–Crippen MR) is 131 cm³/mol. The molecule has 0 bridgehead atoms. The van der Waals surface area contributed by atoms with Gasteiger partial charge in [-0.3, -0.25) is 4.79 Å². The quantitative estimate of drug-likeness (QED) is 0.182. The number of benzene rings is 2. The fourth-order valence-electron chi connectivity index (χ4n) is 5.09. The van der Waals surface area contributed by atoms with Gasteiger partial charge in [-0.15, -0.1) is 0 Å². The van der Waals surface area contributed by atoms with Gasteiger partial charge in [-0.2, -0.15) is 0 Å². The van der Waals surface area contributed by atoms with E-state index < -0.39 is 107 Å². The Bertz CT molecular complexity index is 1400. The molecule has 2 fully saturated rings. The fraction of sp³-hybridized carbons (Fsp3) is 0.423. The summed E-state index contributed by atoms with van der Waals surface area (Å²) in [5.74, 6) is -1.75. The van der Waals surface area contributed by atoms with Crippen LogP contribution in [0.5, 0.6) is 11.5 Å². The molecule has 5 rings (SSSR count). The van der Waals surface area contributed by atoms with E-state index in [1.165, 1.54) is 0 Å². The summed E-state index contributed by atoms with van der Waals surface area (Å²) in [5, 5.41) is 94.0. The molecule has 0 saturated carbocycles. The van der Waals surface area contributed by atoms with Crippen LogP contribution in [-0.2, 0) is 9.47 Å². The van der Waals surface area contributed by atoms with Gasteiger partial charge in [0.05, 0.1) is 24.3 Å². The number of ether oxygens (including phenoxy) is 2. The van der Waals surface area contributed by atoms with Gasteiger partial charge < -0.3 is 59.8 Å². The SMILES string of the molecule is O=c1cc(-c2ccccc2)oc2c([C@@H]3OC[C@H](O)[C@H](O)C3O)c(O)c([C@@H]3OC(CO)[C@@H](O)[C@H](O)C3O)c(O)c12. The van der Waals surface area contributed by atoms with Crippen molar-refractivity contribution in [1.29, 1.82) is 0 Å². The molecule has 2 saturated heterocycles. The average molecular weight is 548 g/mol. The highest BCUT2D eigenvalue weighted by Crippen LogP contribution is 2.50. The van der Waals surface area contributed by atoms with E-state index in [0.29, 0.717) is 5.56 Å². The molecule has 3 heterocycles. The van der Waals surface area contributed by atoms with Gasteiger partial charge in [0.1, 0.15) is 77.6 Å². The Balaban J connectivity index is 1.80. The van der Waals surface area contributed by atoms with Crippen molar-refractivity contribution in [3.8, 4) is 22.8 Å². The molecule has 1 aromatic heterocycles. The van der Waals surface area contributed by atoms with E-state index in [1.54, 1.807) is 30.3 Å². The van der Waals surface area contributed by atoms with E-state index in [0.717, 1.165) is 6.07 Å². The summed E-state index contributed by atoms with van der Waals surface area (Å²) in [4.78, 5) is 13.4. The maximum absolute atomic E-state index is 13.4. The van der Waals surface area contributed by atoms with Crippen molar-refractivity contribution in [2.75, 3.05) is 13.2 Å². The smallest absolute Gasteiger partial charge is 0.197 e. The number of aromatic hydroxyl groups is 2. The van der Waals surface area contributed by atoms with Crippen LogP contribution in [0.25, 0.3) is 22.3 Å². The van der Waals surface area contributed by atoms with Crippen molar-refractivity contribution in [2.24, 2.45) is 0 Å². The molecule has 2 aliphatic heterocycles. The van der Waals surface area contributed by atoms with Gasteiger partial charge in [0.25, 0.3) is 0 Å². The van der Waals surface area contributed by atoms with Crippen LogP contribution in [0.15, 0.2) is 45.6 Å². The first-order valence-corrected chi connectivity index (χ1v) is 12.1. The molecule has 0 radical (unpaired) electrons. The molecule has 13 heteroatoms. The maximum Gasteiger partial charge on any atom is 0.197 e. The normalized spacial score (nSPS) is 33.4. The zero-order chi connectivity index (χ0) is 28.2. The van der Waals surface area contributed by atoms with Crippen LogP contribution in [0.3, 0.4) is 0 Å². The van der Waals surface area contributed by atoms with Crippen molar-refractivity contribution < 1.29 is 59.8 Å². The molecule has 0 amide bonds. The Hall–Kier alpha value is -3.11. The summed E-state index contributed by atoms with van der Waals surface area (Å²) in [6, 6.07) is 9.45. The Labute approximate surface area is 220 Å². The zero-order valence-electron chi connectivity index (χ0n) is 20.2. The summed E-state index contributed by atoms with van der Waals surface area (Å²) in [6.07, 6.45) is -15.4. The molecule has 0 aliphatic carbocycles. The van der Waals surface area contributed by atoms with Crippen molar-refractivity contribution in [2.45, 2.75) is 54.9 Å². The van der Waals surface area contributed by atoms with Gasteiger partial charge in [0.2, 0.25) is 0 Å². The Morgan fingerprint density at radius 2 is 1.46 bits per heavy atom. The highest BCUT2D eigenvalue weighted by molar-refractivity contribution is 5.91. The van der Waals surface area contributed by atoms with Crippen LogP contribution in [0.1, 0.15) is 23.3 Å². The van der Waals surface area contributed by atoms with Crippen LogP contribution >= 0.6 is 0 Å². The second kappa shape index (κ2) is 10.5. The topological polar surface area (TPSA) is 231 Å². The highest BCUT2D eigenvalue weighted by atomic mass is 16.5. The largest absolute Gasteiger partial charge is 0.507 e. The number of aliphatic hydroxyl groups is 7. The minimum Gasteiger partial charge on any atom is -0.507 e. The van der Waals surface area contributed by atoms with Crippen LogP contribution in [0, 0.1) is 0 Å². The van der Waals surface area contributed by atoms with Crippen LogP contribution in [-0.4, -0.2) is 102 Å². The van der Waals surface area contributed by atoms with E-state index >= 15 is 0 Å². The van der Waals surface area contributed by atoms with Gasteiger partial charge in [0, 0.05) is 11.6 Å². The van der Waals surface area contributed by atoms with Crippen molar-refractivity contribution in [3.05, 3.63) is 57.7 Å². The summed E-state index contributed by atoms with van der Waals surface area (Å²) in [7, 11) is 0. The first kappa shape index (κ1) is 27.5. The maximum atomic E-state index is 13.4. The molecule has 210 valence electrons. The summed E-state index contributed by atoms with van der Waals surface area (Å²) in [5.41, 5.74) is -1.79. The second-order valence-electron chi connectivity index (χ2n) is 9.62. The lowest BCUT2D eigenvalue weighted by molar-refractivity contribution is -0.232. The van der Waals surface area contributed by atoms with Gasteiger partial charge in [0.15, 0.2) is 11.0 Å². The monoisotopic (exact) mass is 548 g/mol. The molecule has 3 aromatic rings. The molecule has 9 atom stereocenters. The van der Waals surface area contributed by atoms with E-state index in [2.05, 4.69) is 0 Å². The predicted octanol–water partition coefficient (Wildman–Crippen LogP) is -1.46. The number of phenolic OH excluding ortho intramolecular Hbond substituents is 2. The van der Waals surface area contributed by atoms with Crippen molar-refractivity contribution >= 4 is 11.0 Å². The van der Waals surface area contributed by atoms with Gasteiger partial charge in [-0.1, -0.05) is 30.3 Å². The minimum atomic E-state index is -1.95. The number of aliphatic hydroxyl groups excluding tert-OH is 7. The lowest BCUT2D eigenvalue weighted by Gasteiger charge is -2.41. The third-order valence-corrected chi connectivity index (χ3v) is 7.21. The molecule has 0 spiro atoms. The Kier molecular flexibility index (Phi) is 7.37. The van der Waals surface area contributed by atoms with Gasteiger partial charge >= 0.3 is 0 Å². The molecule has 2 aromatic carbocycles. The lowest BCUT2D eigenvalue weighted by atomic mass is 9.85. The number of hydrogen-bond acceptors (Lipinski definition) is 13. The average Bonchev–Trinajstić information content (AvgIpc) is 2.93. The second-order valence-corrected chi connectivity index (χ2v) is 9.62. The van der Waals surface area contributed by atoms with E-state index in [9.17, 15) is 50.8 Å². The minimum absolute atomic E-state index is 0.0274. The Morgan fingerprint density at radius 3 is 2.13 bits per heavy atom. The molecular weight excluding hydrogens is 520 g/mol. The van der Waals surface area contributed by atoms with E-state index in [4.69, 9.17) is 13.9 Å². The Morgan fingerprint density at radius 1 is 0.795 bits per heavy atom. The number of phenols is 2. The molecule has 39 heavy (non-hydrogen) atoms.